The molecule has 1 aliphatic heterocycles. The molecule has 0 bridgehead atoms. The summed E-state index contributed by atoms with van der Waals surface area (Å²) in [6.07, 6.45) is 0. The summed E-state index contributed by atoms with van der Waals surface area (Å²) >= 11 is 5.84. The lowest BCUT2D eigenvalue weighted by molar-refractivity contribution is -0.116. The van der Waals surface area contributed by atoms with Crippen LogP contribution in [0, 0.1) is 0 Å². The smallest absolute Gasteiger partial charge is 0.335 e. The second kappa shape index (κ2) is 5.50. The third kappa shape index (κ3) is 2.75. The Hall–Kier alpha value is -2.08. The number of carbonyl (C=O) groups excluding carboxylic acids is 3. The molecule has 1 aliphatic rings. The number of hydrogen-bond acceptors (Lipinski definition) is 3. The molecule has 1 saturated heterocycles. The Labute approximate surface area is 121 Å². The first-order chi connectivity index (χ1) is 9.40. The van der Waals surface area contributed by atoms with Crippen LogP contribution in [-0.2, 0) is 4.79 Å². The number of hydrogen-bond donors (Lipinski definition) is 1. The van der Waals surface area contributed by atoms with Gasteiger partial charge >= 0.3 is 12.1 Å². The van der Waals surface area contributed by atoms with Crippen LogP contribution in [0.25, 0.3) is 0 Å². The second-order valence-electron chi connectivity index (χ2n) is 4.68. The Morgan fingerprint density at radius 3 is 2.65 bits per heavy atom. The van der Waals surface area contributed by atoms with Gasteiger partial charge in [0.25, 0.3) is 5.91 Å². The number of amides is 5. The summed E-state index contributed by atoms with van der Waals surface area (Å²) in [5, 5.41) is 2.99. The van der Waals surface area contributed by atoms with E-state index in [-0.39, 0.29) is 12.6 Å². The van der Waals surface area contributed by atoms with Gasteiger partial charge in [-0.25, -0.2) is 19.4 Å². The largest absolute Gasteiger partial charge is 0.340 e. The fourth-order valence-corrected chi connectivity index (χ4v) is 2.04. The van der Waals surface area contributed by atoms with Crippen molar-refractivity contribution in [1.29, 1.82) is 0 Å². The van der Waals surface area contributed by atoms with Crippen molar-refractivity contribution in [1.82, 2.24) is 10.2 Å². The third-order valence-electron chi connectivity index (χ3n) is 2.69. The molecule has 0 aromatic heterocycles. The molecule has 6 nitrogen and oxygen atoms in total. The first-order valence-corrected chi connectivity index (χ1v) is 6.48. The number of carbonyl (C=O) groups is 3. The normalized spacial score (nSPS) is 15.2. The van der Waals surface area contributed by atoms with Crippen molar-refractivity contribution in [3.63, 3.8) is 0 Å². The average molecular weight is 296 g/mol. The number of benzene rings is 1. The zero-order valence-electron chi connectivity index (χ0n) is 11.1. The predicted molar refractivity (Wildman–Crippen MR) is 74.7 cm³/mol. The van der Waals surface area contributed by atoms with Crippen molar-refractivity contribution in [3.05, 3.63) is 29.3 Å². The maximum Gasteiger partial charge on any atom is 0.340 e. The van der Waals surface area contributed by atoms with E-state index in [1.165, 1.54) is 6.07 Å². The standard InChI is InChI=1S/C13H14ClN3O3/c1-8(2)15-12(19)16-7-11(18)17(13(16)20)10-5-3-4-9(14)6-10/h3-6,8H,7H2,1-2H3,(H,15,19). The highest BCUT2D eigenvalue weighted by molar-refractivity contribution is 6.31. The molecule has 0 radical (unpaired) electrons. The molecule has 7 heteroatoms. The topological polar surface area (TPSA) is 69.7 Å². The number of imide groups is 2. The van der Waals surface area contributed by atoms with Crippen LogP contribution in [0.3, 0.4) is 0 Å². The quantitative estimate of drug-likeness (QED) is 0.851. The van der Waals surface area contributed by atoms with E-state index in [1.807, 2.05) is 0 Å². The predicted octanol–water partition coefficient (Wildman–Crippen LogP) is 2.23. The Balaban J connectivity index is 2.23. The molecule has 106 valence electrons. The van der Waals surface area contributed by atoms with E-state index < -0.39 is 18.0 Å². The summed E-state index contributed by atoms with van der Waals surface area (Å²) in [7, 11) is 0. The van der Waals surface area contributed by atoms with Gasteiger partial charge in [-0.15, -0.1) is 0 Å². The van der Waals surface area contributed by atoms with Crippen LogP contribution in [0.2, 0.25) is 5.02 Å². The second-order valence-corrected chi connectivity index (χ2v) is 5.12. The van der Waals surface area contributed by atoms with Crippen molar-refractivity contribution in [2.24, 2.45) is 0 Å². The number of rotatable bonds is 2. The van der Waals surface area contributed by atoms with Crippen molar-refractivity contribution in [2.45, 2.75) is 19.9 Å². The Kier molecular flexibility index (Phi) is 3.94. The van der Waals surface area contributed by atoms with Gasteiger partial charge in [-0.05, 0) is 32.0 Å². The molecule has 1 aromatic carbocycles. The monoisotopic (exact) mass is 295 g/mol. The molecule has 0 unspecified atom stereocenters. The highest BCUT2D eigenvalue weighted by atomic mass is 35.5. The van der Waals surface area contributed by atoms with Crippen molar-refractivity contribution < 1.29 is 14.4 Å². The molecule has 20 heavy (non-hydrogen) atoms. The van der Waals surface area contributed by atoms with Crippen LogP contribution in [-0.4, -0.2) is 35.5 Å². The summed E-state index contributed by atoms with van der Waals surface area (Å²) in [5.41, 5.74) is 0.354. The molecule has 1 aromatic rings. The van der Waals surface area contributed by atoms with Crippen LogP contribution >= 0.6 is 11.6 Å². The SMILES string of the molecule is CC(C)NC(=O)N1CC(=O)N(c2cccc(Cl)c2)C1=O. The highest BCUT2D eigenvalue weighted by Gasteiger charge is 2.40. The van der Waals surface area contributed by atoms with Gasteiger partial charge in [0.05, 0.1) is 5.69 Å². The lowest BCUT2D eigenvalue weighted by Crippen LogP contribution is -2.45. The average Bonchev–Trinajstić information content (AvgIpc) is 2.64. The van der Waals surface area contributed by atoms with Gasteiger partial charge in [0.1, 0.15) is 6.54 Å². The number of anilines is 1. The summed E-state index contributed by atoms with van der Waals surface area (Å²) < 4.78 is 0. The van der Waals surface area contributed by atoms with Crippen molar-refractivity contribution >= 4 is 35.3 Å². The number of urea groups is 2. The molecule has 0 aliphatic carbocycles. The van der Waals surface area contributed by atoms with Gasteiger partial charge in [-0.1, -0.05) is 17.7 Å². The molecule has 1 fully saturated rings. The fourth-order valence-electron chi connectivity index (χ4n) is 1.85. The van der Waals surface area contributed by atoms with E-state index in [1.54, 1.807) is 32.0 Å². The zero-order chi connectivity index (χ0) is 14.9. The number of nitrogens with zero attached hydrogens (tertiary/aromatic N) is 2. The van der Waals surface area contributed by atoms with Crippen molar-refractivity contribution in [3.8, 4) is 0 Å². The summed E-state index contributed by atoms with van der Waals surface area (Å²) in [6.45, 7) is 3.27. The minimum atomic E-state index is -0.671. The van der Waals surface area contributed by atoms with E-state index in [9.17, 15) is 14.4 Å². The third-order valence-corrected chi connectivity index (χ3v) is 2.92. The van der Waals surface area contributed by atoms with Gasteiger partial charge in [0, 0.05) is 11.1 Å². The number of halogens is 1. The molecule has 0 spiro atoms. The first kappa shape index (κ1) is 14.3. The summed E-state index contributed by atoms with van der Waals surface area (Å²) in [6, 6.07) is 4.99. The van der Waals surface area contributed by atoms with Gasteiger partial charge in [-0.3, -0.25) is 4.79 Å². The van der Waals surface area contributed by atoms with Crippen LogP contribution in [0.5, 0.6) is 0 Å². The van der Waals surface area contributed by atoms with E-state index in [2.05, 4.69) is 5.32 Å². The maximum atomic E-state index is 12.2. The molecule has 1 heterocycles. The molecular weight excluding hydrogens is 282 g/mol. The summed E-state index contributed by atoms with van der Waals surface area (Å²) in [5.74, 6) is -0.462. The van der Waals surface area contributed by atoms with E-state index in [4.69, 9.17) is 11.6 Å². The van der Waals surface area contributed by atoms with Crippen LogP contribution in [0.4, 0.5) is 15.3 Å². The van der Waals surface area contributed by atoms with Crippen LogP contribution in [0.15, 0.2) is 24.3 Å². The van der Waals surface area contributed by atoms with E-state index in [0.717, 1.165) is 9.80 Å². The van der Waals surface area contributed by atoms with Crippen molar-refractivity contribution in [2.75, 3.05) is 11.4 Å². The lowest BCUT2D eigenvalue weighted by atomic mass is 10.3. The maximum absolute atomic E-state index is 12.2. The van der Waals surface area contributed by atoms with E-state index in [0.29, 0.717) is 10.7 Å². The molecule has 1 N–H and O–H groups in total. The van der Waals surface area contributed by atoms with Gasteiger partial charge in [-0.2, -0.15) is 0 Å². The molecular formula is C13H14ClN3O3. The molecule has 2 rings (SSSR count). The Bertz CT molecular complexity index is 574. The Morgan fingerprint density at radius 1 is 1.35 bits per heavy atom. The van der Waals surface area contributed by atoms with Gasteiger partial charge in [0.15, 0.2) is 0 Å². The molecule has 0 atom stereocenters. The van der Waals surface area contributed by atoms with Crippen LogP contribution < -0.4 is 10.2 Å². The zero-order valence-corrected chi connectivity index (χ0v) is 11.8. The molecule has 5 amide bonds. The van der Waals surface area contributed by atoms with Gasteiger partial charge in [0.2, 0.25) is 0 Å². The summed E-state index contributed by atoms with van der Waals surface area (Å²) in [4.78, 5) is 37.8. The lowest BCUT2D eigenvalue weighted by Gasteiger charge is -2.17. The fraction of sp³-hybridized carbons (Fsp3) is 0.308. The number of nitrogens with one attached hydrogen (secondary N) is 1. The highest BCUT2D eigenvalue weighted by Crippen LogP contribution is 2.24. The Morgan fingerprint density at radius 2 is 2.05 bits per heavy atom. The molecule has 0 saturated carbocycles. The van der Waals surface area contributed by atoms with Gasteiger partial charge < -0.3 is 5.32 Å². The minimum Gasteiger partial charge on any atom is -0.335 e. The first-order valence-electron chi connectivity index (χ1n) is 6.10. The van der Waals surface area contributed by atoms with E-state index >= 15 is 0 Å². The minimum absolute atomic E-state index is 0.120. The van der Waals surface area contributed by atoms with Crippen LogP contribution in [0.1, 0.15) is 13.8 Å².